The Balaban J connectivity index is 2.65. The fourth-order valence-corrected chi connectivity index (χ4v) is 2.00. The fraction of sp³-hybridized carbons (Fsp3) is 0.833. The van der Waals surface area contributed by atoms with Crippen molar-refractivity contribution in [2.75, 3.05) is 26.2 Å². The maximum atomic E-state index is 11.9. The Bertz CT molecular complexity index is 340. The summed E-state index contributed by atoms with van der Waals surface area (Å²) in [4.78, 5) is 25.7. The summed E-state index contributed by atoms with van der Waals surface area (Å²) in [6.07, 6.45) is -1.16. The van der Waals surface area contributed by atoms with Gasteiger partial charge in [-0.3, -0.25) is 0 Å². The molecule has 1 atom stereocenters. The highest BCUT2D eigenvalue weighted by Gasteiger charge is 2.33. The largest absolute Gasteiger partial charge is 0.465 e. The molecule has 0 saturated carbocycles. The number of hydrogen-bond acceptors (Lipinski definition) is 4. The maximum absolute atomic E-state index is 11.9. The van der Waals surface area contributed by atoms with Gasteiger partial charge in [0.05, 0.1) is 6.04 Å². The summed E-state index contributed by atoms with van der Waals surface area (Å²) >= 11 is 0. The third-order valence-corrected chi connectivity index (χ3v) is 2.84. The molecule has 1 saturated heterocycles. The van der Waals surface area contributed by atoms with E-state index in [1.165, 1.54) is 9.80 Å². The Morgan fingerprint density at radius 1 is 1.32 bits per heavy atom. The minimum absolute atomic E-state index is 0.114. The highest BCUT2D eigenvalue weighted by atomic mass is 16.6. The van der Waals surface area contributed by atoms with E-state index in [-0.39, 0.29) is 25.7 Å². The molecule has 1 rings (SSSR count). The zero-order valence-electron chi connectivity index (χ0n) is 11.6. The van der Waals surface area contributed by atoms with Crippen molar-refractivity contribution in [1.29, 1.82) is 0 Å². The van der Waals surface area contributed by atoms with E-state index in [1.54, 1.807) is 20.8 Å². The molecule has 0 aromatic heterocycles. The molecule has 0 bridgehead atoms. The van der Waals surface area contributed by atoms with E-state index in [1.807, 2.05) is 0 Å². The second-order valence-electron chi connectivity index (χ2n) is 5.57. The number of rotatable bonds is 2. The number of piperazine rings is 1. The zero-order valence-corrected chi connectivity index (χ0v) is 11.6. The Morgan fingerprint density at radius 2 is 1.95 bits per heavy atom. The maximum Gasteiger partial charge on any atom is 0.410 e. The van der Waals surface area contributed by atoms with Gasteiger partial charge in [-0.05, 0) is 27.2 Å². The lowest BCUT2D eigenvalue weighted by molar-refractivity contribution is 0.00273. The lowest BCUT2D eigenvalue weighted by Crippen LogP contribution is -2.57. The van der Waals surface area contributed by atoms with E-state index >= 15 is 0 Å². The van der Waals surface area contributed by atoms with E-state index in [4.69, 9.17) is 14.9 Å². The van der Waals surface area contributed by atoms with Crippen molar-refractivity contribution in [3.8, 4) is 0 Å². The SMILES string of the molecule is CC(C)(C)OC(=O)N1CCN(C(=O)O)C(CCO)C1. The lowest BCUT2D eigenvalue weighted by atomic mass is 10.1. The summed E-state index contributed by atoms with van der Waals surface area (Å²) in [5, 5.41) is 18.0. The van der Waals surface area contributed by atoms with Crippen molar-refractivity contribution < 1.29 is 24.5 Å². The van der Waals surface area contributed by atoms with E-state index in [2.05, 4.69) is 0 Å². The van der Waals surface area contributed by atoms with E-state index in [0.29, 0.717) is 13.0 Å². The minimum Gasteiger partial charge on any atom is -0.465 e. The molecule has 0 aliphatic carbocycles. The third kappa shape index (κ3) is 4.59. The van der Waals surface area contributed by atoms with Crippen LogP contribution in [0.2, 0.25) is 0 Å². The molecule has 0 radical (unpaired) electrons. The Morgan fingerprint density at radius 3 is 2.42 bits per heavy atom. The van der Waals surface area contributed by atoms with Crippen LogP contribution >= 0.6 is 0 Å². The molecule has 19 heavy (non-hydrogen) atoms. The number of ether oxygens (including phenoxy) is 1. The first-order valence-corrected chi connectivity index (χ1v) is 6.33. The molecule has 0 aromatic rings. The van der Waals surface area contributed by atoms with Crippen molar-refractivity contribution in [3.05, 3.63) is 0 Å². The first-order chi connectivity index (χ1) is 8.74. The topological polar surface area (TPSA) is 90.3 Å². The van der Waals surface area contributed by atoms with Crippen LogP contribution in [-0.4, -0.2) is 70.1 Å². The molecule has 1 aliphatic rings. The third-order valence-electron chi connectivity index (χ3n) is 2.84. The Labute approximate surface area is 112 Å². The normalized spacial score (nSPS) is 20.3. The quantitative estimate of drug-likeness (QED) is 0.783. The van der Waals surface area contributed by atoms with Gasteiger partial charge in [-0.1, -0.05) is 0 Å². The van der Waals surface area contributed by atoms with Gasteiger partial charge in [-0.2, -0.15) is 0 Å². The molecule has 1 fully saturated rings. The number of aliphatic hydroxyl groups excluding tert-OH is 1. The standard InChI is InChI=1S/C12H22N2O5/c1-12(2,3)19-11(18)13-5-6-14(10(16)17)9(8-13)4-7-15/h9,15H,4-8H2,1-3H3,(H,16,17). The number of carbonyl (C=O) groups excluding carboxylic acids is 1. The molecule has 7 heteroatoms. The Kier molecular flexibility index (Phi) is 4.99. The van der Waals surface area contributed by atoms with Gasteiger partial charge in [0.1, 0.15) is 5.60 Å². The summed E-state index contributed by atoms with van der Waals surface area (Å²) in [7, 11) is 0. The van der Waals surface area contributed by atoms with Crippen molar-refractivity contribution >= 4 is 12.2 Å². The van der Waals surface area contributed by atoms with Crippen LogP contribution in [-0.2, 0) is 4.74 Å². The van der Waals surface area contributed by atoms with Crippen LogP contribution < -0.4 is 0 Å². The van der Waals surface area contributed by atoms with E-state index in [9.17, 15) is 9.59 Å². The van der Waals surface area contributed by atoms with Crippen molar-refractivity contribution in [2.24, 2.45) is 0 Å². The summed E-state index contributed by atoms with van der Waals surface area (Å²) in [5.41, 5.74) is -0.576. The molecule has 2 N–H and O–H groups in total. The number of hydrogen-bond donors (Lipinski definition) is 2. The van der Waals surface area contributed by atoms with Gasteiger partial charge in [0.25, 0.3) is 0 Å². The van der Waals surface area contributed by atoms with E-state index < -0.39 is 17.8 Å². The molecule has 1 unspecified atom stereocenters. The molecule has 0 spiro atoms. The van der Waals surface area contributed by atoms with Gasteiger partial charge >= 0.3 is 12.2 Å². The lowest BCUT2D eigenvalue weighted by Gasteiger charge is -2.40. The average Bonchev–Trinajstić information content (AvgIpc) is 2.26. The van der Waals surface area contributed by atoms with Crippen molar-refractivity contribution in [1.82, 2.24) is 9.80 Å². The molecule has 110 valence electrons. The molecule has 1 aliphatic heterocycles. The number of aliphatic hydroxyl groups is 1. The summed E-state index contributed by atoms with van der Waals surface area (Å²) in [6, 6.07) is -0.385. The van der Waals surface area contributed by atoms with Crippen LogP contribution in [0.5, 0.6) is 0 Å². The first-order valence-electron chi connectivity index (χ1n) is 6.33. The van der Waals surface area contributed by atoms with Crippen LogP contribution in [0.3, 0.4) is 0 Å². The van der Waals surface area contributed by atoms with Crippen LogP contribution in [0, 0.1) is 0 Å². The van der Waals surface area contributed by atoms with Gasteiger partial charge in [0.2, 0.25) is 0 Å². The summed E-state index contributed by atoms with van der Waals surface area (Å²) < 4.78 is 5.26. The van der Waals surface area contributed by atoms with Crippen LogP contribution in [0.4, 0.5) is 9.59 Å². The number of carbonyl (C=O) groups is 2. The van der Waals surface area contributed by atoms with Gasteiger partial charge < -0.3 is 24.7 Å². The number of amides is 2. The molecular weight excluding hydrogens is 252 g/mol. The summed E-state index contributed by atoms with van der Waals surface area (Å²) in [6.45, 7) is 6.03. The number of carboxylic acid groups (broad SMARTS) is 1. The smallest absolute Gasteiger partial charge is 0.410 e. The molecular formula is C12H22N2O5. The van der Waals surface area contributed by atoms with Crippen LogP contribution in [0.25, 0.3) is 0 Å². The highest BCUT2D eigenvalue weighted by molar-refractivity contribution is 5.70. The van der Waals surface area contributed by atoms with E-state index in [0.717, 1.165) is 0 Å². The minimum atomic E-state index is -1.03. The zero-order chi connectivity index (χ0) is 14.6. The van der Waals surface area contributed by atoms with Crippen molar-refractivity contribution in [2.45, 2.75) is 38.8 Å². The highest BCUT2D eigenvalue weighted by Crippen LogP contribution is 2.16. The monoisotopic (exact) mass is 274 g/mol. The van der Waals surface area contributed by atoms with Gasteiger partial charge in [-0.15, -0.1) is 0 Å². The molecule has 2 amide bonds. The molecule has 0 aromatic carbocycles. The summed E-state index contributed by atoms with van der Waals surface area (Å²) in [5.74, 6) is 0. The predicted octanol–water partition coefficient (Wildman–Crippen LogP) is 0.968. The van der Waals surface area contributed by atoms with Crippen LogP contribution in [0.15, 0.2) is 0 Å². The molecule has 1 heterocycles. The average molecular weight is 274 g/mol. The predicted molar refractivity (Wildman–Crippen MR) is 68.0 cm³/mol. The van der Waals surface area contributed by atoms with Crippen molar-refractivity contribution in [3.63, 3.8) is 0 Å². The number of nitrogens with zero attached hydrogens (tertiary/aromatic N) is 2. The first kappa shape index (κ1) is 15.6. The Hall–Kier alpha value is -1.50. The van der Waals surface area contributed by atoms with Crippen LogP contribution in [0.1, 0.15) is 27.2 Å². The molecule has 7 nitrogen and oxygen atoms in total. The fourth-order valence-electron chi connectivity index (χ4n) is 2.00. The second kappa shape index (κ2) is 6.10. The van der Waals surface area contributed by atoms with Gasteiger partial charge in [-0.25, -0.2) is 9.59 Å². The van der Waals surface area contributed by atoms with Gasteiger partial charge in [0, 0.05) is 26.2 Å². The second-order valence-corrected chi connectivity index (χ2v) is 5.57. The van der Waals surface area contributed by atoms with Gasteiger partial charge in [0.15, 0.2) is 0 Å².